The van der Waals surface area contributed by atoms with Crippen molar-refractivity contribution in [3.8, 4) is 0 Å². The molecule has 1 heterocycles. The molecule has 0 saturated heterocycles. The minimum atomic E-state index is -1.32. The van der Waals surface area contributed by atoms with Gasteiger partial charge in [-0.2, -0.15) is 0 Å². The average Bonchev–Trinajstić information content (AvgIpc) is 2.76. The molecule has 1 atom stereocenters. The van der Waals surface area contributed by atoms with Gasteiger partial charge in [0.05, 0.1) is 22.8 Å². The molecule has 5 heteroatoms. The van der Waals surface area contributed by atoms with Gasteiger partial charge in [-0.15, -0.1) is 0 Å². The van der Waals surface area contributed by atoms with Crippen LogP contribution in [-0.2, 0) is 16.6 Å². The summed E-state index contributed by atoms with van der Waals surface area (Å²) in [7, 11) is -1.32. The molecule has 4 nitrogen and oxygen atoms in total. The molecule has 0 saturated carbocycles. The van der Waals surface area contributed by atoms with Crippen LogP contribution in [0.1, 0.15) is 27.2 Å². The SMILES string of the molecule is Cc1ccc(S(=O)Cc2occc2C(=O)O)c(C)c1. The Hall–Kier alpha value is -1.88. The van der Waals surface area contributed by atoms with Crippen molar-refractivity contribution in [3.63, 3.8) is 0 Å². The van der Waals surface area contributed by atoms with Gasteiger partial charge in [0.25, 0.3) is 0 Å². The van der Waals surface area contributed by atoms with Gasteiger partial charge < -0.3 is 9.52 Å². The molecule has 1 aromatic heterocycles. The van der Waals surface area contributed by atoms with Crippen LogP contribution in [0.15, 0.2) is 39.8 Å². The van der Waals surface area contributed by atoms with Crippen LogP contribution in [0.25, 0.3) is 0 Å². The van der Waals surface area contributed by atoms with Gasteiger partial charge in [-0.3, -0.25) is 4.21 Å². The molecule has 1 unspecified atom stereocenters. The first kappa shape index (κ1) is 13.5. The number of carbonyl (C=O) groups is 1. The zero-order chi connectivity index (χ0) is 14.0. The maximum absolute atomic E-state index is 12.3. The zero-order valence-electron chi connectivity index (χ0n) is 10.7. The lowest BCUT2D eigenvalue weighted by Crippen LogP contribution is -2.03. The van der Waals surface area contributed by atoms with E-state index in [2.05, 4.69) is 0 Å². The fourth-order valence-electron chi connectivity index (χ4n) is 1.89. The summed E-state index contributed by atoms with van der Waals surface area (Å²) in [6.45, 7) is 3.86. The normalized spacial score (nSPS) is 12.3. The number of aryl methyl sites for hydroxylation is 2. The first-order chi connectivity index (χ1) is 8.99. The Bertz CT molecular complexity index is 643. The van der Waals surface area contributed by atoms with E-state index in [4.69, 9.17) is 9.52 Å². The lowest BCUT2D eigenvalue weighted by molar-refractivity contribution is 0.0695. The molecule has 100 valence electrons. The van der Waals surface area contributed by atoms with E-state index in [9.17, 15) is 9.00 Å². The number of aromatic carboxylic acids is 1. The number of benzene rings is 1. The van der Waals surface area contributed by atoms with Crippen molar-refractivity contribution in [1.29, 1.82) is 0 Å². The van der Waals surface area contributed by atoms with Gasteiger partial charge >= 0.3 is 5.97 Å². The van der Waals surface area contributed by atoms with Gasteiger partial charge in [-0.05, 0) is 31.5 Å². The summed E-state index contributed by atoms with van der Waals surface area (Å²) in [4.78, 5) is 11.7. The van der Waals surface area contributed by atoms with E-state index in [-0.39, 0.29) is 17.1 Å². The molecule has 19 heavy (non-hydrogen) atoms. The van der Waals surface area contributed by atoms with E-state index in [1.807, 2.05) is 32.0 Å². The van der Waals surface area contributed by atoms with Crippen LogP contribution in [0, 0.1) is 13.8 Å². The zero-order valence-corrected chi connectivity index (χ0v) is 11.5. The molecule has 0 bridgehead atoms. The molecule has 2 aromatic rings. The molecule has 0 radical (unpaired) electrons. The number of hydrogen-bond donors (Lipinski definition) is 1. The average molecular weight is 278 g/mol. The van der Waals surface area contributed by atoms with E-state index in [1.54, 1.807) is 0 Å². The second-order valence-corrected chi connectivity index (χ2v) is 5.74. The Morgan fingerprint density at radius 2 is 2.05 bits per heavy atom. The summed E-state index contributed by atoms with van der Waals surface area (Å²) in [5.74, 6) is -0.759. The predicted molar refractivity (Wildman–Crippen MR) is 71.7 cm³/mol. The molecule has 2 rings (SSSR count). The Morgan fingerprint density at radius 3 is 2.68 bits per heavy atom. The number of rotatable bonds is 4. The van der Waals surface area contributed by atoms with E-state index in [0.717, 1.165) is 11.1 Å². The Balaban J connectivity index is 2.26. The third-order valence-electron chi connectivity index (χ3n) is 2.81. The van der Waals surface area contributed by atoms with Crippen LogP contribution in [-0.4, -0.2) is 15.3 Å². The highest BCUT2D eigenvalue weighted by Crippen LogP contribution is 2.20. The summed E-state index contributed by atoms with van der Waals surface area (Å²) in [5, 5.41) is 8.97. The third-order valence-corrected chi connectivity index (χ3v) is 4.29. The van der Waals surface area contributed by atoms with Gasteiger partial charge in [0.2, 0.25) is 0 Å². The summed E-state index contributed by atoms with van der Waals surface area (Å²) in [5.41, 5.74) is 2.10. The number of furan rings is 1. The molecule has 0 fully saturated rings. The molecule has 1 aromatic carbocycles. The minimum absolute atomic E-state index is 0.0677. The summed E-state index contributed by atoms with van der Waals surface area (Å²) < 4.78 is 17.4. The Morgan fingerprint density at radius 1 is 1.32 bits per heavy atom. The lowest BCUT2D eigenvalue weighted by Gasteiger charge is -2.06. The molecule has 0 spiro atoms. The Labute approximate surface area is 113 Å². The highest BCUT2D eigenvalue weighted by atomic mass is 32.2. The minimum Gasteiger partial charge on any atom is -0.478 e. The van der Waals surface area contributed by atoms with Gasteiger partial charge in [-0.25, -0.2) is 4.79 Å². The molecule has 0 amide bonds. The highest BCUT2D eigenvalue weighted by Gasteiger charge is 2.17. The van der Waals surface area contributed by atoms with Crippen molar-refractivity contribution in [3.05, 3.63) is 53.0 Å². The summed E-state index contributed by atoms with van der Waals surface area (Å²) in [6.07, 6.45) is 1.30. The van der Waals surface area contributed by atoms with Crippen molar-refractivity contribution in [2.24, 2.45) is 0 Å². The first-order valence-electron chi connectivity index (χ1n) is 5.74. The van der Waals surface area contributed by atoms with Gasteiger partial charge in [0, 0.05) is 4.90 Å². The van der Waals surface area contributed by atoms with Gasteiger partial charge in [-0.1, -0.05) is 17.7 Å². The molecule has 0 aliphatic carbocycles. The molecule has 0 aliphatic heterocycles. The smallest absolute Gasteiger partial charge is 0.339 e. The molecule has 0 aliphatic rings. The lowest BCUT2D eigenvalue weighted by atomic mass is 10.2. The first-order valence-corrected chi connectivity index (χ1v) is 7.06. The summed E-state index contributed by atoms with van der Waals surface area (Å²) in [6, 6.07) is 7.02. The van der Waals surface area contributed by atoms with Crippen molar-refractivity contribution < 1.29 is 18.5 Å². The maximum atomic E-state index is 12.3. The van der Waals surface area contributed by atoms with Crippen LogP contribution < -0.4 is 0 Å². The standard InChI is InChI=1S/C14H14O4S/c1-9-3-4-13(10(2)7-9)19(17)8-12-11(14(15)16)5-6-18-12/h3-7H,8H2,1-2H3,(H,15,16). The second-order valence-electron chi connectivity index (χ2n) is 4.32. The molecule has 1 N–H and O–H groups in total. The van der Waals surface area contributed by atoms with E-state index in [0.29, 0.717) is 4.90 Å². The predicted octanol–water partition coefficient (Wildman–Crippen LogP) is 2.90. The van der Waals surface area contributed by atoms with Gasteiger partial charge in [0.1, 0.15) is 11.3 Å². The fourth-order valence-corrected chi connectivity index (χ4v) is 3.15. The number of hydrogen-bond acceptors (Lipinski definition) is 3. The van der Waals surface area contributed by atoms with Crippen LogP contribution in [0.3, 0.4) is 0 Å². The topological polar surface area (TPSA) is 67.5 Å². The van der Waals surface area contributed by atoms with Crippen molar-refractivity contribution >= 4 is 16.8 Å². The molecular formula is C14H14O4S. The van der Waals surface area contributed by atoms with Crippen molar-refractivity contribution in [1.82, 2.24) is 0 Å². The molecular weight excluding hydrogens is 264 g/mol. The highest BCUT2D eigenvalue weighted by molar-refractivity contribution is 7.84. The largest absolute Gasteiger partial charge is 0.478 e. The second kappa shape index (κ2) is 5.40. The van der Waals surface area contributed by atoms with Crippen LogP contribution >= 0.6 is 0 Å². The van der Waals surface area contributed by atoms with Crippen molar-refractivity contribution in [2.45, 2.75) is 24.5 Å². The number of carboxylic acid groups (broad SMARTS) is 1. The van der Waals surface area contributed by atoms with Gasteiger partial charge in [0.15, 0.2) is 0 Å². The van der Waals surface area contributed by atoms with E-state index < -0.39 is 16.8 Å². The van der Waals surface area contributed by atoms with Crippen molar-refractivity contribution in [2.75, 3.05) is 0 Å². The number of carboxylic acids is 1. The van der Waals surface area contributed by atoms with Crippen LogP contribution in [0.2, 0.25) is 0 Å². The Kier molecular flexibility index (Phi) is 3.85. The third kappa shape index (κ3) is 2.93. The monoisotopic (exact) mass is 278 g/mol. The summed E-state index contributed by atoms with van der Waals surface area (Å²) >= 11 is 0. The quantitative estimate of drug-likeness (QED) is 0.933. The van der Waals surface area contributed by atoms with E-state index >= 15 is 0 Å². The van der Waals surface area contributed by atoms with E-state index in [1.165, 1.54) is 12.3 Å². The van der Waals surface area contributed by atoms with Crippen LogP contribution in [0.4, 0.5) is 0 Å². The maximum Gasteiger partial charge on any atom is 0.339 e. The van der Waals surface area contributed by atoms with Crippen LogP contribution in [0.5, 0.6) is 0 Å². The fraction of sp³-hybridized carbons (Fsp3) is 0.214.